The summed E-state index contributed by atoms with van der Waals surface area (Å²) in [5.41, 5.74) is -1.66. The van der Waals surface area contributed by atoms with Crippen molar-refractivity contribution in [3.63, 3.8) is 0 Å². The molecule has 0 aromatic heterocycles. The van der Waals surface area contributed by atoms with Gasteiger partial charge in [0.05, 0.1) is 10.5 Å². The van der Waals surface area contributed by atoms with Crippen molar-refractivity contribution in [1.82, 2.24) is 0 Å². The highest BCUT2D eigenvalue weighted by Gasteiger charge is 2.24. The zero-order chi connectivity index (χ0) is 12.3. The first-order chi connectivity index (χ1) is 7.45. The van der Waals surface area contributed by atoms with Crippen molar-refractivity contribution in [3.05, 3.63) is 33.6 Å². The van der Waals surface area contributed by atoms with Crippen molar-refractivity contribution >= 4 is 12.0 Å². The van der Waals surface area contributed by atoms with Crippen LogP contribution >= 0.6 is 0 Å². The van der Waals surface area contributed by atoms with Crippen molar-refractivity contribution in [2.75, 3.05) is 0 Å². The molecule has 0 aliphatic carbocycles. The van der Waals surface area contributed by atoms with Gasteiger partial charge in [-0.1, -0.05) is 0 Å². The van der Waals surface area contributed by atoms with Crippen LogP contribution in [0, 0.1) is 15.9 Å². The molecule has 0 radical (unpaired) electrons. The maximum Gasteiger partial charge on any atom is 0.387 e. The molecule has 8 heteroatoms. The Morgan fingerprint density at radius 3 is 2.50 bits per heavy atom. The lowest BCUT2D eigenvalue weighted by Crippen LogP contribution is -2.06. The molecule has 1 aromatic carbocycles. The van der Waals surface area contributed by atoms with Crippen LogP contribution in [0.4, 0.5) is 18.9 Å². The lowest BCUT2D eigenvalue weighted by molar-refractivity contribution is -0.386. The van der Waals surface area contributed by atoms with Gasteiger partial charge in [-0.05, 0) is 6.07 Å². The third-order valence-electron chi connectivity index (χ3n) is 1.59. The zero-order valence-electron chi connectivity index (χ0n) is 7.52. The van der Waals surface area contributed by atoms with Gasteiger partial charge in [0.25, 0.3) is 0 Å². The van der Waals surface area contributed by atoms with E-state index in [4.69, 9.17) is 0 Å². The number of carbonyl (C=O) groups excluding carboxylic acids is 1. The van der Waals surface area contributed by atoms with Crippen LogP contribution in [0.1, 0.15) is 10.4 Å². The second kappa shape index (κ2) is 4.60. The van der Waals surface area contributed by atoms with Crippen LogP contribution in [0.2, 0.25) is 0 Å². The number of ether oxygens (including phenoxy) is 1. The van der Waals surface area contributed by atoms with Crippen molar-refractivity contribution in [2.24, 2.45) is 0 Å². The summed E-state index contributed by atoms with van der Waals surface area (Å²) in [4.78, 5) is 19.8. The van der Waals surface area contributed by atoms with Crippen LogP contribution in [0.25, 0.3) is 0 Å². The smallest absolute Gasteiger partial charge is 0.387 e. The van der Waals surface area contributed by atoms with Gasteiger partial charge in [-0.2, -0.15) is 8.78 Å². The first-order valence-corrected chi connectivity index (χ1v) is 3.83. The summed E-state index contributed by atoms with van der Waals surface area (Å²) in [6.07, 6.45) is -0.0143. The maximum absolute atomic E-state index is 12.8. The fourth-order valence-corrected chi connectivity index (χ4v) is 1.07. The molecule has 0 saturated heterocycles. The predicted molar refractivity (Wildman–Crippen MR) is 45.1 cm³/mol. The molecule has 0 heterocycles. The molecule has 0 spiro atoms. The summed E-state index contributed by atoms with van der Waals surface area (Å²) in [6, 6.07) is 0.973. The van der Waals surface area contributed by atoms with Crippen LogP contribution in [0.3, 0.4) is 0 Å². The van der Waals surface area contributed by atoms with E-state index in [0.29, 0.717) is 12.1 Å². The second-order valence-corrected chi connectivity index (χ2v) is 2.60. The highest BCUT2D eigenvalue weighted by atomic mass is 19.3. The Morgan fingerprint density at radius 1 is 1.44 bits per heavy atom. The molecule has 0 fully saturated rings. The molecule has 0 atom stereocenters. The topological polar surface area (TPSA) is 69.4 Å². The lowest BCUT2D eigenvalue weighted by atomic mass is 10.2. The minimum absolute atomic E-state index is 0.0143. The molecule has 0 amide bonds. The van der Waals surface area contributed by atoms with E-state index in [1.807, 2.05) is 0 Å². The number of aldehydes is 1. The molecule has 0 unspecified atom stereocenters. The molecule has 1 aromatic rings. The van der Waals surface area contributed by atoms with Gasteiger partial charge in [0, 0.05) is 6.07 Å². The summed E-state index contributed by atoms with van der Waals surface area (Å²) in [5, 5.41) is 10.5. The normalized spacial score (nSPS) is 10.2. The number of nitrogens with zero attached hydrogens (tertiary/aromatic N) is 1. The van der Waals surface area contributed by atoms with E-state index in [-0.39, 0.29) is 6.29 Å². The number of nitro groups is 1. The zero-order valence-corrected chi connectivity index (χ0v) is 7.52. The quantitative estimate of drug-likeness (QED) is 0.455. The van der Waals surface area contributed by atoms with Gasteiger partial charge in [0.15, 0.2) is 6.29 Å². The van der Waals surface area contributed by atoms with Crippen molar-refractivity contribution < 1.29 is 27.6 Å². The number of benzene rings is 1. The number of hydrogen-bond donors (Lipinski definition) is 0. The van der Waals surface area contributed by atoms with E-state index in [1.165, 1.54) is 0 Å². The average molecular weight is 235 g/mol. The monoisotopic (exact) mass is 235 g/mol. The number of halogens is 3. The summed E-state index contributed by atoms with van der Waals surface area (Å²) in [7, 11) is 0. The number of alkyl halides is 2. The van der Waals surface area contributed by atoms with E-state index in [1.54, 1.807) is 0 Å². The molecular formula is C8H4F3NO4. The second-order valence-electron chi connectivity index (χ2n) is 2.60. The van der Waals surface area contributed by atoms with E-state index in [2.05, 4.69) is 4.74 Å². The Morgan fingerprint density at radius 2 is 2.06 bits per heavy atom. The molecule has 0 aliphatic rings. The maximum atomic E-state index is 12.8. The minimum Gasteiger partial charge on any atom is -0.427 e. The summed E-state index contributed by atoms with van der Waals surface area (Å²) < 4.78 is 40.3. The van der Waals surface area contributed by atoms with Gasteiger partial charge in [-0.25, -0.2) is 4.39 Å². The molecular weight excluding hydrogens is 231 g/mol. The molecule has 0 saturated carbocycles. The van der Waals surface area contributed by atoms with Crippen LogP contribution in [-0.2, 0) is 0 Å². The molecule has 86 valence electrons. The van der Waals surface area contributed by atoms with Crippen molar-refractivity contribution in [1.29, 1.82) is 0 Å². The molecule has 0 bridgehead atoms. The Bertz CT molecular complexity index is 436. The van der Waals surface area contributed by atoms with Crippen LogP contribution in [0.15, 0.2) is 12.1 Å². The Kier molecular flexibility index (Phi) is 3.44. The molecule has 16 heavy (non-hydrogen) atoms. The molecule has 1 rings (SSSR count). The number of rotatable bonds is 4. The fourth-order valence-electron chi connectivity index (χ4n) is 1.07. The Hall–Kier alpha value is -2.12. The number of hydrogen-bond acceptors (Lipinski definition) is 4. The van der Waals surface area contributed by atoms with Crippen molar-refractivity contribution in [2.45, 2.75) is 6.61 Å². The van der Waals surface area contributed by atoms with Crippen molar-refractivity contribution in [3.8, 4) is 5.75 Å². The first-order valence-electron chi connectivity index (χ1n) is 3.83. The lowest BCUT2D eigenvalue weighted by Gasteiger charge is -2.06. The minimum atomic E-state index is -3.35. The SMILES string of the molecule is O=Cc1cc(F)cc(OC(F)F)c1[N+](=O)[O-]. The van der Waals surface area contributed by atoms with E-state index in [0.717, 1.165) is 0 Å². The third-order valence-corrected chi connectivity index (χ3v) is 1.59. The number of carbonyl (C=O) groups is 1. The summed E-state index contributed by atoms with van der Waals surface area (Å²) >= 11 is 0. The van der Waals surface area contributed by atoms with Gasteiger partial charge < -0.3 is 4.74 Å². The molecule has 0 N–H and O–H groups in total. The van der Waals surface area contributed by atoms with Gasteiger partial charge in [-0.15, -0.1) is 0 Å². The van der Waals surface area contributed by atoms with Gasteiger partial charge >= 0.3 is 12.3 Å². The van der Waals surface area contributed by atoms with Crippen LogP contribution < -0.4 is 4.74 Å². The Balaban J connectivity index is 3.37. The average Bonchev–Trinajstić information content (AvgIpc) is 2.14. The van der Waals surface area contributed by atoms with Gasteiger partial charge in [0.1, 0.15) is 5.82 Å². The fraction of sp³-hybridized carbons (Fsp3) is 0.125. The largest absolute Gasteiger partial charge is 0.427 e. The standard InChI is InChI=1S/C8H4F3NO4/c9-5-1-4(3-13)7(12(14)15)6(2-5)16-8(10)11/h1-3,8H. The third kappa shape index (κ3) is 2.47. The number of nitro benzene ring substituents is 1. The van der Waals surface area contributed by atoms with Crippen LogP contribution in [-0.4, -0.2) is 17.8 Å². The van der Waals surface area contributed by atoms with Gasteiger partial charge in [-0.3, -0.25) is 14.9 Å². The predicted octanol–water partition coefficient (Wildman–Crippen LogP) is 2.15. The van der Waals surface area contributed by atoms with Crippen LogP contribution in [0.5, 0.6) is 5.75 Å². The Labute approximate surface area is 86.6 Å². The van der Waals surface area contributed by atoms with E-state index in [9.17, 15) is 28.1 Å². The van der Waals surface area contributed by atoms with E-state index >= 15 is 0 Å². The summed E-state index contributed by atoms with van der Waals surface area (Å²) in [5.74, 6) is -2.06. The summed E-state index contributed by atoms with van der Waals surface area (Å²) in [6.45, 7) is -3.35. The van der Waals surface area contributed by atoms with E-state index < -0.39 is 34.4 Å². The molecule has 0 aliphatic heterocycles. The highest BCUT2D eigenvalue weighted by molar-refractivity contribution is 5.83. The first kappa shape index (κ1) is 12.0. The van der Waals surface area contributed by atoms with Gasteiger partial charge in [0.2, 0.25) is 5.75 Å². The molecule has 5 nitrogen and oxygen atoms in total. The highest BCUT2D eigenvalue weighted by Crippen LogP contribution is 2.32.